The molecule has 1 N–H and O–H groups in total. The number of methoxy groups -OCH3 is 1. The molecular weight excluding hydrogens is 587 g/mol. The second-order valence-electron chi connectivity index (χ2n) is 8.08. The number of nitro groups is 2. The molecule has 0 aliphatic carbocycles. The summed E-state index contributed by atoms with van der Waals surface area (Å²) in [7, 11) is 1.19. The first-order valence-electron chi connectivity index (χ1n) is 11.1. The van der Waals surface area contributed by atoms with Crippen LogP contribution in [0.3, 0.4) is 0 Å². The molecule has 1 heterocycles. The zero-order chi connectivity index (χ0) is 30.0. The van der Waals surface area contributed by atoms with Gasteiger partial charge < -0.3 is 9.47 Å². The Bertz CT molecular complexity index is 1670. The van der Waals surface area contributed by atoms with E-state index in [1.54, 1.807) is 0 Å². The Labute approximate surface area is 239 Å². The zero-order valence-electron chi connectivity index (χ0n) is 20.5. The summed E-state index contributed by atoms with van der Waals surface area (Å²) in [5, 5.41) is 24.1. The van der Waals surface area contributed by atoms with Gasteiger partial charge in [0.15, 0.2) is 5.75 Å². The van der Waals surface area contributed by atoms with E-state index in [-0.39, 0.29) is 38.4 Å². The Hall–Kier alpha value is -5.34. The number of halogens is 2. The molecule has 1 aliphatic heterocycles. The number of non-ortho nitro benzene ring substituents is 1. The Morgan fingerprint density at radius 2 is 1.59 bits per heavy atom. The number of ether oxygens (including phenoxy) is 2. The first-order valence-corrected chi connectivity index (χ1v) is 11.9. The van der Waals surface area contributed by atoms with Crippen molar-refractivity contribution in [3.8, 4) is 11.5 Å². The molecule has 16 heteroatoms. The summed E-state index contributed by atoms with van der Waals surface area (Å²) in [5.74, 6) is -3.25. The average Bonchev–Trinajstić information content (AvgIpc) is 2.92. The fraction of sp³-hybridized carbons (Fsp3) is 0.0400. The van der Waals surface area contributed by atoms with Crippen molar-refractivity contribution >= 4 is 70.2 Å². The highest BCUT2D eigenvalue weighted by molar-refractivity contribution is 6.40. The van der Waals surface area contributed by atoms with Gasteiger partial charge in [-0.05, 0) is 54.1 Å². The summed E-state index contributed by atoms with van der Waals surface area (Å²) in [5.41, 5.74) is -1.37. The molecule has 0 atom stereocenters. The maximum atomic E-state index is 13.2. The highest BCUT2D eigenvalue weighted by Gasteiger charge is 2.37. The Balaban J connectivity index is 1.66. The molecule has 14 nitrogen and oxygen atoms in total. The van der Waals surface area contributed by atoms with E-state index < -0.39 is 50.6 Å². The number of carbonyl (C=O) groups is 4. The van der Waals surface area contributed by atoms with Gasteiger partial charge in [-0.2, -0.15) is 0 Å². The van der Waals surface area contributed by atoms with Crippen LogP contribution in [0.1, 0.15) is 15.9 Å². The number of anilines is 1. The quantitative estimate of drug-likeness (QED) is 0.126. The molecule has 0 unspecified atom stereocenters. The summed E-state index contributed by atoms with van der Waals surface area (Å²) in [4.78, 5) is 71.2. The number of urea groups is 1. The fourth-order valence-corrected chi connectivity index (χ4v) is 4.22. The van der Waals surface area contributed by atoms with Gasteiger partial charge in [0.2, 0.25) is 5.75 Å². The predicted octanol–water partition coefficient (Wildman–Crippen LogP) is 5.06. The number of rotatable bonds is 7. The minimum atomic E-state index is -1.02. The van der Waals surface area contributed by atoms with E-state index in [2.05, 4.69) is 4.74 Å². The average molecular weight is 601 g/mol. The minimum Gasteiger partial charge on any atom is -0.465 e. The lowest BCUT2D eigenvalue weighted by Gasteiger charge is -2.26. The number of nitrogens with one attached hydrogen (secondary N) is 1. The molecule has 0 spiro atoms. The van der Waals surface area contributed by atoms with E-state index in [1.165, 1.54) is 43.5 Å². The van der Waals surface area contributed by atoms with Crippen molar-refractivity contribution in [1.29, 1.82) is 0 Å². The van der Waals surface area contributed by atoms with Gasteiger partial charge in [0.25, 0.3) is 17.5 Å². The van der Waals surface area contributed by atoms with Crippen LogP contribution in [0.4, 0.5) is 21.9 Å². The van der Waals surface area contributed by atoms with Crippen LogP contribution in [0.2, 0.25) is 10.0 Å². The van der Waals surface area contributed by atoms with Gasteiger partial charge in [0.05, 0.1) is 44.3 Å². The molecule has 3 aromatic carbocycles. The number of benzene rings is 3. The minimum absolute atomic E-state index is 0.0584. The molecule has 0 saturated carbocycles. The van der Waals surface area contributed by atoms with Crippen LogP contribution in [0.15, 0.2) is 60.2 Å². The predicted molar refractivity (Wildman–Crippen MR) is 143 cm³/mol. The van der Waals surface area contributed by atoms with Crippen molar-refractivity contribution in [3.63, 3.8) is 0 Å². The molecule has 41 heavy (non-hydrogen) atoms. The van der Waals surface area contributed by atoms with E-state index in [1.807, 2.05) is 5.32 Å². The normalized spacial score (nSPS) is 14.1. The second-order valence-corrected chi connectivity index (χ2v) is 8.89. The molecule has 4 amide bonds. The van der Waals surface area contributed by atoms with E-state index >= 15 is 0 Å². The molecule has 0 aromatic heterocycles. The Morgan fingerprint density at radius 1 is 0.951 bits per heavy atom. The van der Waals surface area contributed by atoms with Gasteiger partial charge in [-0.3, -0.25) is 35.1 Å². The molecule has 1 saturated heterocycles. The summed E-state index contributed by atoms with van der Waals surface area (Å²) < 4.78 is 10.1. The van der Waals surface area contributed by atoms with Crippen molar-refractivity contribution in [3.05, 3.63) is 102 Å². The Morgan fingerprint density at radius 3 is 2.15 bits per heavy atom. The van der Waals surface area contributed by atoms with Gasteiger partial charge in [-0.25, -0.2) is 14.5 Å². The maximum absolute atomic E-state index is 13.2. The number of nitro benzene ring substituents is 2. The number of barbiturate groups is 1. The van der Waals surface area contributed by atoms with Crippen LogP contribution in [0.5, 0.6) is 11.5 Å². The van der Waals surface area contributed by atoms with Gasteiger partial charge in [-0.15, -0.1) is 0 Å². The SMILES string of the molecule is COC(=O)c1ccc(N2C(=O)NC(=O)/C(=C\c3cc(Cl)c(Oc4ccc([N+](=O)[O-])cc4[N+](=O)[O-])c(Cl)c3)C2=O)cc1. The van der Waals surface area contributed by atoms with E-state index in [9.17, 15) is 39.4 Å². The van der Waals surface area contributed by atoms with Crippen LogP contribution < -0.4 is 15.0 Å². The largest absolute Gasteiger partial charge is 0.465 e. The zero-order valence-corrected chi connectivity index (χ0v) is 22.0. The van der Waals surface area contributed by atoms with Crippen LogP contribution in [0.25, 0.3) is 6.08 Å². The lowest BCUT2D eigenvalue weighted by atomic mass is 10.1. The van der Waals surface area contributed by atoms with E-state index in [0.29, 0.717) is 11.0 Å². The van der Waals surface area contributed by atoms with Crippen molar-refractivity contribution in [1.82, 2.24) is 5.32 Å². The molecule has 4 rings (SSSR count). The number of hydrogen-bond acceptors (Lipinski definition) is 10. The summed E-state index contributed by atoms with van der Waals surface area (Å²) in [6.45, 7) is 0. The summed E-state index contributed by atoms with van der Waals surface area (Å²) in [6.07, 6.45) is 1.11. The number of amides is 4. The lowest BCUT2D eigenvalue weighted by Crippen LogP contribution is -2.54. The van der Waals surface area contributed by atoms with Crippen molar-refractivity contribution in [2.45, 2.75) is 0 Å². The van der Waals surface area contributed by atoms with Gasteiger partial charge in [0, 0.05) is 6.07 Å². The fourth-order valence-electron chi connectivity index (χ4n) is 3.64. The molecule has 3 aromatic rings. The highest BCUT2D eigenvalue weighted by atomic mass is 35.5. The number of carbonyl (C=O) groups excluding carboxylic acids is 4. The van der Waals surface area contributed by atoms with Gasteiger partial charge >= 0.3 is 17.7 Å². The van der Waals surface area contributed by atoms with Crippen molar-refractivity contribution < 1.29 is 38.5 Å². The maximum Gasteiger partial charge on any atom is 0.337 e. The molecule has 0 bridgehead atoms. The first kappa shape index (κ1) is 28.7. The van der Waals surface area contributed by atoms with Crippen LogP contribution in [-0.2, 0) is 14.3 Å². The molecule has 1 fully saturated rings. The summed E-state index contributed by atoms with van der Waals surface area (Å²) >= 11 is 12.6. The molecule has 1 aliphatic rings. The molecular formula is C25H14Cl2N4O10. The van der Waals surface area contributed by atoms with Crippen LogP contribution >= 0.6 is 23.2 Å². The standard InChI is InChI=1S/C25H14Cl2N4O10/c1-40-24(34)13-2-4-14(5-3-13)29-23(33)16(22(32)28-25(29)35)8-12-9-17(26)21(18(27)10-12)41-20-7-6-15(30(36)37)11-19(20)31(38)39/h2-11H,1H3,(H,28,32,35)/b16-8+. The second kappa shape index (κ2) is 11.4. The van der Waals surface area contributed by atoms with E-state index in [4.69, 9.17) is 27.9 Å². The van der Waals surface area contributed by atoms with Crippen LogP contribution in [-0.4, -0.2) is 40.8 Å². The Kier molecular flexibility index (Phi) is 7.98. The topological polar surface area (TPSA) is 188 Å². The third kappa shape index (κ3) is 5.83. The van der Waals surface area contributed by atoms with Crippen molar-refractivity contribution in [2.24, 2.45) is 0 Å². The third-order valence-electron chi connectivity index (χ3n) is 5.54. The number of imide groups is 2. The van der Waals surface area contributed by atoms with Crippen LogP contribution in [0, 0.1) is 20.2 Å². The van der Waals surface area contributed by atoms with Gasteiger partial charge in [-0.1, -0.05) is 23.2 Å². The summed E-state index contributed by atoms with van der Waals surface area (Å²) in [6, 6.07) is 9.44. The monoisotopic (exact) mass is 600 g/mol. The van der Waals surface area contributed by atoms with E-state index in [0.717, 1.165) is 18.2 Å². The number of nitrogens with zero attached hydrogens (tertiary/aromatic N) is 3. The first-order chi connectivity index (χ1) is 19.4. The van der Waals surface area contributed by atoms with Gasteiger partial charge in [0.1, 0.15) is 5.57 Å². The lowest BCUT2D eigenvalue weighted by molar-refractivity contribution is -0.394. The third-order valence-corrected chi connectivity index (χ3v) is 6.10. The number of esters is 1. The highest BCUT2D eigenvalue weighted by Crippen LogP contribution is 2.41. The number of hydrogen-bond donors (Lipinski definition) is 1. The van der Waals surface area contributed by atoms with Crippen molar-refractivity contribution in [2.75, 3.05) is 12.0 Å². The molecule has 0 radical (unpaired) electrons. The molecule has 208 valence electrons. The smallest absolute Gasteiger partial charge is 0.337 e.